The molecule has 0 amide bonds. The molecule has 30 heteroatoms. The van der Waals surface area contributed by atoms with Crippen molar-refractivity contribution in [3.8, 4) is 0 Å². The number of anilines is 8. The summed E-state index contributed by atoms with van der Waals surface area (Å²) in [5, 5.41) is 0. The van der Waals surface area contributed by atoms with Crippen LogP contribution in [-0.2, 0) is 75.8 Å². The van der Waals surface area contributed by atoms with Crippen molar-refractivity contribution in [1.82, 2.24) is 0 Å². The van der Waals surface area contributed by atoms with E-state index in [1.165, 1.54) is 39.8 Å². The summed E-state index contributed by atoms with van der Waals surface area (Å²) < 4.78 is 85.0. The SMILES string of the molecule is CC1COC(c2ccc(N(C)C)cc2)O1.CC1COC(c2ccc(N(C)C)cc2)OC1.CCOC(OCC)c1ccc(N(C)C)cc1.CN(C)c1ccc(C(OCC(Cl)(Cl)Cl)OCC(Cl)(Cl)Cl)cc1.CN(C)c1ccc(C2OCC(C)(C)CO2)cc1.CN(C)c1ccc(C2OCCCO2)cc1.CN(C)c1ccc(C2OCCO2)cc1.COC(OC)c1ccc(N(C)C)cc1. The highest BCUT2D eigenvalue weighted by Gasteiger charge is 2.31. The highest BCUT2D eigenvalue weighted by atomic mass is 35.6. The van der Waals surface area contributed by atoms with Gasteiger partial charge in [-0.05, 0) is 124 Å². The topological polar surface area (TPSA) is 174 Å². The van der Waals surface area contributed by atoms with Crippen molar-refractivity contribution < 1.29 is 75.8 Å². The third-order valence-electron chi connectivity index (χ3n) is 19.9. The summed E-state index contributed by atoms with van der Waals surface area (Å²) in [6.45, 7) is 20.1. The van der Waals surface area contributed by atoms with Gasteiger partial charge in [-0.2, -0.15) is 0 Å². The summed E-state index contributed by atoms with van der Waals surface area (Å²) in [4.78, 5) is 16.5. The molecule has 2 atom stereocenters. The van der Waals surface area contributed by atoms with Crippen LogP contribution in [0.15, 0.2) is 194 Å². The molecule has 0 radical (unpaired) electrons. The van der Waals surface area contributed by atoms with Crippen molar-refractivity contribution >= 4 is 115 Å². The van der Waals surface area contributed by atoms with Crippen molar-refractivity contribution in [2.45, 2.75) is 112 Å². The Bertz CT molecular complexity index is 4150. The van der Waals surface area contributed by atoms with E-state index < -0.39 is 13.9 Å². The van der Waals surface area contributed by atoms with Gasteiger partial charge in [-0.25, -0.2) is 0 Å². The van der Waals surface area contributed by atoms with Gasteiger partial charge in [-0.1, -0.05) is 187 Å². The van der Waals surface area contributed by atoms with Crippen LogP contribution in [0.5, 0.6) is 0 Å². The molecule has 5 fully saturated rings. The van der Waals surface area contributed by atoms with Gasteiger partial charge < -0.3 is 115 Å². The average molecular weight is 1910 g/mol. The number of alkyl halides is 6. The van der Waals surface area contributed by atoms with Gasteiger partial charge in [0.05, 0.1) is 78.8 Å². The molecule has 0 aliphatic carbocycles. The number of ether oxygens (including phenoxy) is 16. The van der Waals surface area contributed by atoms with Crippen LogP contribution in [-0.4, -0.2) is 227 Å². The molecule has 2 unspecified atom stereocenters. The summed E-state index contributed by atoms with van der Waals surface area (Å²) in [5.74, 6) is 0.497. The van der Waals surface area contributed by atoms with Crippen LogP contribution in [0, 0.1) is 11.3 Å². The zero-order valence-electron chi connectivity index (χ0n) is 80.0. The molecule has 0 N–H and O–H groups in total. The maximum absolute atomic E-state index is 5.74. The number of benzene rings is 8. The lowest BCUT2D eigenvalue weighted by Crippen LogP contribution is -2.33. The van der Waals surface area contributed by atoms with Crippen molar-refractivity contribution in [2.24, 2.45) is 11.3 Å². The zero-order valence-corrected chi connectivity index (χ0v) is 84.6. The predicted molar refractivity (Wildman–Crippen MR) is 530 cm³/mol. The molecule has 5 aliphatic rings. The van der Waals surface area contributed by atoms with Crippen molar-refractivity contribution in [3.63, 3.8) is 0 Å². The Morgan fingerprint density at radius 3 is 0.791 bits per heavy atom. The van der Waals surface area contributed by atoms with Crippen LogP contribution in [0.25, 0.3) is 0 Å². The fraction of sp³-hybridized carbons (Fsp3) is 0.515. The third kappa shape index (κ3) is 40.9. The largest absolute Gasteiger partial charge is 0.378 e. The Morgan fingerprint density at radius 1 is 0.310 bits per heavy atom. The molecule has 8 aromatic carbocycles. The molecule has 5 aliphatic heterocycles. The highest BCUT2D eigenvalue weighted by Crippen LogP contribution is 2.37. The Kier molecular flexibility index (Phi) is 49.1. The van der Waals surface area contributed by atoms with E-state index >= 15 is 0 Å². The van der Waals surface area contributed by atoms with Crippen LogP contribution in [0.4, 0.5) is 45.5 Å². The van der Waals surface area contributed by atoms with Crippen LogP contribution in [0.1, 0.15) is 143 Å². The molecule has 8 aromatic rings. The first-order chi connectivity index (χ1) is 61.2. The molecule has 0 spiro atoms. The lowest BCUT2D eigenvalue weighted by molar-refractivity contribution is -0.226. The van der Waals surface area contributed by atoms with Crippen LogP contribution in [0.2, 0.25) is 0 Å². The molecular formula is C99H142Cl6N8O16. The van der Waals surface area contributed by atoms with Crippen LogP contribution >= 0.6 is 69.6 Å². The number of hydrogen-bond acceptors (Lipinski definition) is 24. The third-order valence-corrected chi connectivity index (χ3v) is 20.6. The minimum Gasteiger partial charge on any atom is -0.378 e. The molecular weight excluding hydrogens is 1770 g/mol. The van der Waals surface area contributed by atoms with E-state index in [0.29, 0.717) is 44.5 Å². The number of rotatable bonds is 26. The first-order valence-corrected chi connectivity index (χ1v) is 45.5. The molecule has 24 nitrogen and oxygen atoms in total. The normalized spacial score (nSPS) is 17.4. The summed E-state index contributed by atoms with van der Waals surface area (Å²) >= 11 is 34.1. The minimum absolute atomic E-state index is 0.125. The first kappa shape index (κ1) is 111. The molecule has 5 saturated heterocycles. The van der Waals surface area contributed by atoms with Gasteiger partial charge in [0.2, 0.25) is 7.59 Å². The lowest BCUT2D eigenvalue weighted by Gasteiger charge is -2.34. The summed E-state index contributed by atoms with van der Waals surface area (Å²) in [5.41, 5.74) is 17.7. The average Bonchev–Trinajstić information content (AvgIpc) is 1.85. The number of halogens is 6. The van der Waals surface area contributed by atoms with E-state index in [4.69, 9.17) is 145 Å². The maximum atomic E-state index is 5.74. The molecule has 0 aromatic heterocycles. The molecule has 0 saturated carbocycles. The monoisotopic (exact) mass is 1910 g/mol. The van der Waals surface area contributed by atoms with Crippen molar-refractivity contribution in [2.75, 3.05) is 252 Å². The van der Waals surface area contributed by atoms with Gasteiger partial charge in [0.15, 0.2) is 50.3 Å². The second-order valence-corrected chi connectivity index (χ2v) is 38.5. The maximum Gasteiger partial charge on any atom is 0.213 e. The van der Waals surface area contributed by atoms with Crippen LogP contribution in [0.3, 0.4) is 0 Å². The van der Waals surface area contributed by atoms with Gasteiger partial charge in [-0.3, -0.25) is 0 Å². The van der Waals surface area contributed by atoms with E-state index in [-0.39, 0.29) is 68.8 Å². The van der Waals surface area contributed by atoms with Gasteiger partial charge >= 0.3 is 0 Å². The van der Waals surface area contributed by atoms with Gasteiger partial charge in [-0.15, -0.1) is 0 Å². The van der Waals surface area contributed by atoms with Gasteiger partial charge in [0.25, 0.3) is 0 Å². The number of methoxy groups -OCH3 is 2. The minimum atomic E-state index is -1.56. The predicted octanol–water partition coefficient (Wildman–Crippen LogP) is 21.8. The van der Waals surface area contributed by atoms with Crippen molar-refractivity contribution in [3.05, 3.63) is 239 Å². The highest BCUT2D eigenvalue weighted by molar-refractivity contribution is 6.68. The van der Waals surface area contributed by atoms with E-state index in [2.05, 4.69) is 176 Å². The molecule has 13 rings (SSSR count). The summed E-state index contributed by atoms with van der Waals surface area (Å²) in [6, 6.07) is 65.2. The van der Waals surface area contributed by atoms with E-state index in [9.17, 15) is 0 Å². The molecule has 129 heavy (non-hydrogen) atoms. The van der Waals surface area contributed by atoms with Gasteiger partial charge in [0, 0.05) is 242 Å². The Morgan fingerprint density at radius 2 is 0.543 bits per heavy atom. The quantitative estimate of drug-likeness (QED) is 0.0369. The lowest BCUT2D eigenvalue weighted by atomic mass is 9.95. The van der Waals surface area contributed by atoms with E-state index in [1.54, 1.807) is 14.2 Å². The number of hydrogen-bond donors (Lipinski definition) is 0. The second-order valence-electron chi connectivity index (χ2n) is 33.5. The smallest absolute Gasteiger partial charge is 0.213 e. The Hall–Kier alpha value is -6.74. The van der Waals surface area contributed by atoms with Gasteiger partial charge in [0.1, 0.15) is 0 Å². The fourth-order valence-corrected chi connectivity index (χ4v) is 12.9. The fourth-order valence-electron chi connectivity index (χ4n) is 12.5. The molecule has 0 bridgehead atoms. The molecule has 5 heterocycles. The number of nitrogens with zero attached hydrogens (tertiary/aromatic N) is 8. The van der Waals surface area contributed by atoms with Crippen LogP contribution < -0.4 is 39.2 Å². The van der Waals surface area contributed by atoms with E-state index in [1.807, 2.05) is 211 Å². The Labute approximate surface area is 799 Å². The zero-order chi connectivity index (χ0) is 95.0. The van der Waals surface area contributed by atoms with Crippen molar-refractivity contribution in [1.29, 1.82) is 0 Å². The van der Waals surface area contributed by atoms with E-state index in [0.717, 1.165) is 90.7 Å². The summed E-state index contributed by atoms with van der Waals surface area (Å²) in [6.07, 6.45) is -1.06. The molecule has 716 valence electrons. The first-order valence-electron chi connectivity index (χ1n) is 43.2. The Balaban J connectivity index is 0.000000228. The standard InChI is InChI=1S/C14H21NO2.C13H15Cl6NO2.C13H19NO2.C13H21NO2.2C12H17NO2.C11H15NO2.C11H17NO2/c1-14(2)9-16-13(17-10-14)11-5-7-12(8-6-11)15(3)4;1-20(2)10-5-3-9(4-6-10)11(21-7-12(14,15)16)22-8-13(17,18)19;1-10-8-15-13(16-9-10)11-4-6-12(7-5-11)14(2)3;1-5-15-13(16-6-2)11-7-9-12(10-8-11)14(3)4;1-9-8-14-12(15-9)10-4-6-11(7-5-10)13(2)3;1-13(2)11-6-4-10(5-7-11)12-14-8-3-9-15-12;1-12(2)10-5-3-9(4-6-10)11-13-7-8-14-11;1-12(2)10-7-5-9(6-8-10)11(13-3)14-4/h5-8,13H,9-10H2,1-4H3;3-6,11H,7-8H2,1-2H3;4-7,10,13H,8-9H2,1-3H3;7-10,13H,5-6H2,1-4H3;4-7,9,12H,8H2,1-3H3;4-7,12H,3,8-9H2,1-2H3;3-6,11H,7-8H2,1-2H3;5-8,11H,1-4H3. The second kappa shape index (κ2) is 57.1. The summed E-state index contributed by atoms with van der Waals surface area (Å²) in [7, 11) is 35.5.